The first kappa shape index (κ1) is 16.3. The van der Waals surface area contributed by atoms with Crippen LogP contribution in [-0.4, -0.2) is 24.8 Å². The van der Waals surface area contributed by atoms with E-state index < -0.39 is 5.60 Å². The van der Waals surface area contributed by atoms with E-state index in [-0.39, 0.29) is 12.6 Å². The van der Waals surface area contributed by atoms with E-state index in [4.69, 9.17) is 4.74 Å². The summed E-state index contributed by atoms with van der Waals surface area (Å²) in [4.78, 5) is 11.9. The van der Waals surface area contributed by atoms with Crippen molar-refractivity contribution >= 4 is 23.1 Å². The third kappa shape index (κ3) is 3.99. The molecule has 1 atom stereocenters. The van der Waals surface area contributed by atoms with E-state index in [0.29, 0.717) is 5.69 Å². The molecule has 0 fully saturated rings. The van der Waals surface area contributed by atoms with Crippen molar-refractivity contribution in [2.24, 2.45) is 0 Å². The standard InChI is InChI=1S/C16H20N2O3S/c1-11-8-13(4-5-14(11)21-3)18-15(19)17-10-16(2,20)12-6-7-22-9-12/h4-9,20H,10H2,1-3H3,(H2,17,18,19)/t16-/m0/s1. The van der Waals surface area contributed by atoms with Crippen LogP contribution in [0.15, 0.2) is 35.0 Å². The number of anilines is 1. The van der Waals surface area contributed by atoms with Crippen LogP contribution in [0.3, 0.4) is 0 Å². The lowest BCUT2D eigenvalue weighted by Crippen LogP contribution is -2.40. The zero-order valence-electron chi connectivity index (χ0n) is 12.8. The van der Waals surface area contributed by atoms with Crippen molar-refractivity contribution in [3.8, 4) is 5.75 Å². The molecular weight excluding hydrogens is 300 g/mol. The topological polar surface area (TPSA) is 70.6 Å². The smallest absolute Gasteiger partial charge is 0.319 e. The highest BCUT2D eigenvalue weighted by molar-refractivity contribution is 7.08. The number of methoxy groups -OCH3 is 1. The Morgan fingerprint density at radius 1 is 1.41 bits per heavy atom. The van der Waals surface area contributed by atoms with Crippen LogP contribution in [0.1, 0.15) is 18.1 Å². The van der Waals surface area contributed by atoms with Crippen LogP contribution in [0, 0.1) is 6.92 Å². The fourth-order valence-electron chi connectivity index (χ4n) is 2.06. The number of nitrogens with one attached hydrogen (secondary N) is 2. The molecule has 1 aromatic heterocycles. The van der Waals surface area contributed by atoms with Crippen LogP contribution < -0.4 is 15.4 Å². The van der Waals surface area contributed by atoms with Crippen molar-refractivity contribution in [3.05, 3.63) is 46.2 Å². The lowest BCUT2D eigenvalue weighted by Gasteiger charge is -2.23. The Balaban J connectivity index is 1.92. The minimum Gasteiger partial charge on any atom is -0.496 e. The van der Waals surface area contributed by atoms with Crippen molar-refractivity contribution in [2.75, 3.05) is 19.0 Å². The van der Waals surface area contributed by atoms with E-state index in [2.05, 4.69) is 10.6 Å². The first-order valence-electron chi connectivity index (χ1n) is 6.87. The minimum atomic E-state index is -1.09. The van der Waals surface area contributed by atoms with Gasteiger partial charge in [-0.15, -0.1) is 0 Å². The SMILES string of the molecule is COc1ccc(NC(=O)NC[C@](C)(O)c2ccsc2)cc1C. The summed E-state index contributed by atoms with van der Waals surface area (Å²) in [6.45, 7) is 3.71. The Labute approximate surface area is 133 Å². The summed E-state index contributed by atoms with van der Waals surface area (Å²) in [6, 6.07) is 6.88. The molecule has 118 valence electrons. The average molecular weight is 320 g/mol. The Morgan fingerprint density at radius 3 is 2.77 bits per heavy atom. The number of benzene rings is 1. The minimum absolute atomic E-state index is 0.130. The summed E-state index contributed by atoms with van der Waals surface area (Å²) in [6.07, 6.45) is 0. The Kier molecular flexibility index (Phi) is 5.05. The van der Waals surface area contributed by atoms with Crippen molar-refractivity contribution in [1.29, 1.82) is 0 Å². The average Bonchev–Trinajstić information content (AvgIpc) is 3.00. The fourth-order valence-corrected chi connectivity index (χ4v) is 2.84. The molecule has 2 rings (SSSR count). The summed E-state index contributed by atoms with van der Waals surface area (Å²) in [5, 5.41) is 19.5. The number of carbonyl (C=O) groups is 1. The molecule has 2 amide bonds. The quantitative estimate of drug-likeness (QED) is 0.793. The van der Waals surface area contributed by atoms with Crippen molar-refractivity contribution in [1.82, 2.24) is 5.32 Å². The molecule has 5 nitrogen and oxygen atoms in total. The number of amides is 2. The van der Waals surface area contributed by atoms with Crippen LogP contribution in [0.4, 0.5) is 10.5 Å². The van der Waals surface area contributed by atoms with Gasteiger partial charge < -0.3 is 20.5 Å². The molecule has 3 N–H and O–H groups in total. The van der Waals surface area contributed by atoms with Gasteiger partial charge in [0.25, 0.3) is 0 Å². The molecule has 0 saturated carbocycles. The second-order valence-electron chi connectivity index (χ2n) is 5.28. The third-order valence-electron chi connectivity index (χ3n) is 3.39. The summed E-state index contributed by atoms with van der Waals surface area (Å²) in [5.74, 6) is 0.770. The van der Waals surface area contributed by atoms with Gasteiger partial charge in [-0.1, -0.05) is 0 Å². The Bertz CT molecular complexity index is 639. The van der Waals surface area contributed by atoms with Gasteiger partial charge in [0, 0.05) is 5.69 Å². The maximum absolute atomic E-state index is 11.9. The molecule has 1 aromatic carbocycles. The number of urea groups is 1. The Morgan fingerprint density at radius 2 is 2.18 bits per heavy atom. The van der Waals surface area contributed by atoms with Gasteiger partial charge in [0.1, 0.15) is 11.4 Å². The van der Waals surface area contributed by atoms with Gasteiger partial charge in [-0.3, -0.25) is 0 Å². The molecule has 0 saturated heterocycles. The number of carbonyl (C=O) groups excluding carboxylic acids is 1. The summed E-state index contributed by atoms with van der Waals surface area (Å²) in [7, 11) is 1.61. The van der Waals surface area contributed by atoms with Gasteiger partial charge in [0.15, 0.2) is 0 Å². The van der Waals surface area contributed by atoms with Gasteiger partial charge in [-0.2, -0.15) is 11.3 Å². The summed E-state index contributed by atoms with van der Waals surface area (Å²) >= 11 is 1.51. The molecule has 1 heterocycles. The first-order chi connectivity index (χ1) is 10.4. The van der Waals surface area contributed by atoms with Gasteiger partial charge in [-0.25, -0.2) is 4.79 Å². The predicted molar refractivity (Wildman–Crippen MR) is 88.6 cm³/mol. The highest BCUT2D eigenvalue weighted by atomic mass is 32.1. The molecule has 0 aliphatic rings. The van der Waals surface area contributed by atoms with E-state index in [1.165, 1.54) is 11.3 Å². The van der Waals surface area contributed by atoms with Crippen molar-refractivity contribution in [3.63, 3.8) is 0 Å². The second-order valence-corrected chi connectivity index (χ2v) is 6.06. The lowest BCUT2D eigenvalue weighted by molar-refractivity contribution is 0.0604. The number of hydrogen-bond acceptors (Lipinski definition) is 4. The normalized spacial score (nSPS) is 13.3. The molecule has 22 heavy (non-hydrogen) atoms. The number of hydrogen-bond donors (Lipinski definition) is 3. The van der Waals surface area contributed by atoms with Crippen LogP contribution in [0.25, 0.3) is 0 Å². The predicted octanol–water partition coefficient (Wildman–Crippen LogP) is 3.09. The lowest BCUT2D eigenvalue weighted by atomic mass is 9.99. The van der Waals surface area contributed by atoms with Crippen molar-refractivity contribution < 1.29 is 14.6 Å². The van der Waals surface area contributed by atoms with E-state index in [1.807, 2.05) is 29.8 Å². The van der Waals surface area contributed by atoms with Crippen LogP contribution in [0.5, 0.6) is 5.75 Å². The maximum Gasteiger partial charge on any atom is 0.319 e. The van der Waals surface area contributed by atoms with E-state index in [0.717, 1.165) is 16.9 Å². The molecule has 0 unspecified atom stereocenters. The molecule has 0 aliphatic heterocycles. The number of aliphatic hydroxyl groups is 1. The van der Waals surface area contributed by atoms with E-state index >= 15 is 0 Å². The Hall–Kier alpha value is -2.05. The van der Waals surface area contributed by atoms with E-state index in [9.17, 15) is 9.90 Å². The molecule has 0 aliphatic carbocycles. The largest absolute Gasteiger partial charge is 0.496 e. The number of aryl methyl sites for hydroxylation is 1. The highest BCUT2D eigenvalue weighted by Gasteiger charge is 2.24. The molecular formula is C16H20N2O3S. The fraction of sp³-hybridized carbons (Fsp3) is 0.312. The summed E-state index contributed by atoms with van der Waals surface area (Å²) < 4.78 is 5.18. The number of rotatable bonds is 5. The van der Waals surface area contributed by atoms with Gasteiger partial charge in [-0.05, 0) is 60.0 Å². The van der Waals surface area contributed by atoms with Crippen LogP contribution in [0.2, 0.25) is 0 Å². The second kappa shape index (κ2) is 6.81. The zero-order valence-corrected chi connectivity index (χ0v) is 13.7. The number of ether oxygens (including phenoxy) is 1. The summed E-state index contributed by atoms with van der Waals surface area (Å²) in [5.41, 5.74) is 1.31. The third-order valence-corrected chi connectivity index (χ3v) is 4.07. The van der Waals surface area contributed by atoms with Crippen molar-refractivity contribution in [2.45, 2.75) is 19.4 Å². The van der Waals surface area contributed by atoms with E-state index in [1.54, 1.807) is 26.2 Å². The molecule has 0 bridgehead atoms. The first-order valence-corrected chi connectivity index (χ1v) is 7.81. The molecule has 0 radical (unpaired) electrons. The molecule has 0 spiro atoms. The van der Waals surface area contributed by atoms with Crippen LogP contribution in [-0.2, 0) is 5.60 Å². The van der Waals surface area contributed by atoms with Gasteiger partial charge in [0.2, 0.25) is 0 Å². The maximum atomic E-state index is 11.9. The zero-order chi connectivity index (χ0) is 16.2. The van der Waals surface area contributed by atoms with Crippen LogP contribution >= 0.6 is 11.3 Å². The monoisotopic (exact) mass is 320 g/mol. The molecule has 2 aromatic rings. The van der Waals surface area contributed by atoms with Gasteiger partial charge >= 0.3 is 6.03 Å². The van der Waals surface area contributed by atoms with Gasteiger partial charge in [0.05, 0.1) is 13.7 Å². The highest BCUT2D eigenvalue weighted by Crippen LogP contribution is 2.23. The molecule has 6 heteroatoms. The number of thiophene rings is 1.